The molecule has 0 saturated carbocycles. The molecule has 0 aromatic heterocycles. The molecule has 0 aliphatic rings. The third kappa shape index (κ3) is 5.80. The summed E-state index contributed by atoms with van der Waals surface area (Å²) in [5, 5.41) is 2.93. The molecule has 1 N–H and O–H groups in total. The third-order valence-electron chi connectivity index (χ3n) is 3.95. The zero-order chi connectivity index (χ0) is 19.1. The Balaban J connectivity index is 1.94. The van der Waals surface area contributed by atoms with Crippen LogP contribution in [0.25, 0.3) is 0 Å². The molecule has 0 spiro atoms. The van der Waals surface area contributed by atoms with E-state index in [1.807, 2.05) is 62.4 Å². The summed E-state index contributed by atoms with van der Waals surface area (Å²) >= 11 is 0. The van der Waals surface area contributed by atoms with Crippen molar-refractivity contribution in [2.24, 2.45) is 0 Å². The fourth-order valence-corrected chi connectivity index (χ4v) is 2.64. The highest BCUT2D eigenvalue weighted by Crippen LogP contribution is 2.26. The summed E-state index contributed by atoms with van der Waals surface area (Å²) in [5.74, 6) is 1.77. The number of nitrogens with one attached hydrogen (secondary N) is 1. The molecule has 4 heteroatoms. The monoisotopic (exact) mass is 355 g/mol. The Bertz CT molecular complexity index is 725. The molecule has 0 aliphatic carbocycles. The molecule has 1 atom stereocenters. The first-order chi connectivity index (χ1) is 12.4. The third-order valence-corrected chi connectivity index (χ3v) is 3.95. The topological polar surface area (TPSA) is 47.6 Å². The molecule has 0 heterocycles. The summed E-state index contributed by atoms with van der Waals surface area (Å²) in [6.07, 6.45) is -0.445. The Morgan fingerprint density at radius 3 is 2.38 bits per heavy atom. The van der Waals surface area contributed by atoms with Gasteiger partial charge in [0, 0.05) is 6.54 Å². The predicted octanol–water partition coefficient (Wildman–Crippen LogP) is 4.68. The van der Waals surface area contributed by atoms with Crippen molar-refractivity contribution in [2.75, 3.05) is 0 Å². The normalized spacial score (nSPS) is 12.1. The van der Waals surface area contributed by atoms with Crippen LogP contribution in [0.4, 0.5) is 0 Å². The zero-order valence-electron chi connectivity index (χ0n) is 16.3. The van der Waals surface area contributed by atoms with Crippen molar-refractivity contribution < 1.29 is 14.3 Å². The van der Waals surface area contributed by atoms with Gasteiger partial charge in [-0.2, -0.15) is 0 Å². The van der Waals surface area contributed by atoms with Gasteiger partial charge in [0.25, 0.3) is 5.91 Å². The first kappa shape index (κ1) is 19.8. The molecule has 4 nitrogen and oxygen atoms in total. The van der Waals surface area contributed by atoms with E-state index in [2.05, 4.69) is 19.2 Å². The van der Waals surface area contributed by atoms with Crippen molar-refractivity contribution >= 4 is 5.91 Å². The maximum atomic E-state index is 12.4. The Kier molecular flexibility index (Phi) is 7.07. The lowest BCUT2D eigenvalue weighted by atomic mass is 10.0. The number of amides is 1. The van der Waals surface area contributed by atoms with E-state index >= 15 is 0 Å². The maximum absolute atomic E-state index is 12.4. The molecule has 2 rings (SSSR count). The van der Waals surface area contributed by atoms with E-state index in [1.165, 1.54) is 0 Å². The first-order valence-electron chi connectivity index (χ1n) is 9.15. The predicted molar refractivity (Wildman–Crippen MR) is 105 cm³/mol. The van der Waals surface area contributed by atoms with Crippen LogP contribution < -0.4 is 14.8 Å². The molecule has 140 valence electrons. The largest absolute Gasteiger partial charge is 0.491 e. The molecule has 2 aromatic carbocycles. The fraction of sp³-hybridized carbons (Fsp3) is 0.409. The second kappa shape index (κ2) is 9.27. The maximum Gasteiger partial charge on any atom is 0.261 e. The average molecular weight is 355 g/mol. The van der Waals surface area contributed by atoms with Gasteiger partial charge in [-0.25, -0.2) is 0 Å². The summed E-state index contributed by atoms with van der Waals surface area (Å²) in [6.45, 7) is 10.4. The minimum Gasteiger partial charge on any atom is -0.491 e. The Morgan fingerprint density at radius 2 is 1.69 bits per heavy atom. The van der Waals surface area contributed by atoms with E-state index in [0.717, 1.165) is 22.6 Å². The minimum absolute atomic E-state index is 0.120. The Morgan fingerprint density at radius 1 is 0.962 bits per heavy atom. The Hall–Kier alpha value is -2.49. The van der Waals surface area contributed by atoms with Crippen LogP contribution in [0.3, 0.4) is 0 Å². The lowest BCUT2D eigenvalue weighted by Gasteiger charge is -2.19. The summed E-state index contributed by atoms with van der Waals surface area (Å²) in [7, 11) is 0. The van der Waals surface area contributed by atoms with Crippen molar-refractivity contribution in [3.05, 3.63) is 59.7 Å². The molecular weight excluding hydrogens is 326 g/mol. The van der Waals surface area contributed by atoms with Gasteiger partial charge in [-0.05, 0) is 56.0 Å². The van der Waals surface area contributed by atoms with Crippen LogP contribution in [0.1, 0.15) is 51.7 Å². The van der Waals surface area contributed by atoms with Crippen molar-refractivity contribution in [1.82, 2.24) is 5.32 Å². The van der Waals surface area contributed by atoms with E-state index in [1.54, 1.807) is 6.92 Å². The SMILES string of the molecule is CC(C)Oc1cccc(CNC(=O)[C@@H](C)Oc2ccccc2C(C)C)c1. The summed E-state index contributed by atoms with van der Waals surface area (Å²) < 4.78 is 11.6. The molecule has 0 unspecified atom stereocenters. The van der Waals surface area contributed by atoms with Crippen molar-refractivity contribution in [2.45, 2.75) is 59.3 Å². The van der Waals surface area contributed by atoms with Gasteiger partial charge < -0.3 is 14.8 Å². The molecule has 1 amide bonds. The van der Waals surface area contributed by atoms with E-state index in [4.69, 9.17) is 9.47 Å². The van der Waals surface area contributed by atoms with Crippen molar-refractivity contribution in [3.63, 3.8) is 0 Å². The van der Waals surface area contributed by atoms with Gasteiger partial charge in [-0.15, -0.1) is 0 Å². The van der Waals surface area contributed by atoms with E-state index < -0.39 is 6.10 Å². The van der Waals surface area contributed by atoms with Crippen LogP contribution >= 0.6 is 0 Å². The van der Waals surface area contributed by atoms with Gasteiger partial charge in [-0.1, -0.05) is 44.2 Å². The van der Waals surface area contributed by atoms with Crippen molar-refractivity contribution in [1.29, 1.82) is 0 Å². The number of hydrogen-bond donors (Lipinski definition) is 1. The molecule has 26 heavy (non-hydrogen) atoms. The fourth-order valence-electron chi connectivity index (χ4n) is 2.64. The quantitative estimate of drug-likeness (QED) is 0.748. The molecule has 2 aromatic rings. The van der Waals surface area contributed by atoms with Crippen LogP contribution in [0, 0.1) is 0 Å². The van der Waals surface area contributed by atoms with Crippen LogP contribution in [0.5, 0.6) is 11.5 Å². The van der Waals surface area contributed by atoms with Crippen molar-refractivity contribution in [3.8, 4) is 11.5 Å². The highest BCUT2D eigenvalue weighted by atomic mass is 16.5. The molecule has 0 radical (unpaired) electrons. The molecule has 0 fully saturated rings. The second-order valence-corrected chi connectivity index (χ2v) is 6.98. The van der Waals surface area contributed by atoms with Crippen LogP contribution in [0.15, 0.2) is 48.5 Å². The average Bonchev–Trinajstić information content (AvgIpc) is 2.59. The summed E-state index contributed by atoms with van der Waals surface area (Å²) in [6, 6.07) is 15.6. The van der Waals surface area contributed by atoms with E-state index in [0.29, 0.717) is 12.5 Å². The Labute approximate surface area is 156 Å². The van der Waals surface area contributed by atoms with Crippen LogP contribution in [-0.4, -0.2) is 18.1 Å². The zero-order valence-corrected chi connectivity index (χ0v) is 16.3. The van der Waals surface area contributed by atoms with Gasteiger partial charge in [-0.3, -0.25) is 4.79 Å². The van der Waals surface area contributed by atoms with Gasteiger partial charge in [0.05, 0.1) is 6.10 Å². The lowest BCUT2D eigenvalue weighted by molar-refractivity contribution is -0.127. The number of ether oxygens (including phenoxy) is 2. The summed E-state index contributed by atoms with van der Waals surface area (Å²) in [4.78, 5) is 12.4. The number of benzene rings is 2. The highest BCUT2D eigenvalue weighted by Gasteiger charge is 2.17. The van der Waals surface area contributed by atoms with Gasteiger partial charge in [0.1, 0.15) is 11.5 Å². The second-order valence-electron chi connectivity index (χ2n) is 6.98. The van der Waals surface area contributed by atoms with Crippen LogP contribution in [0.2, 0.25) is 0 Å². The molecule has 0 bridgehead atoms. The van der Waals surface area contributed by atoms with Crippen LogP contribution in [-0.2, 0) is 11.3 Å². The number of para-hydroxylation sites is 1. The highest BCUT2D eigenvalue weighted by molar-refractivity contribution is 5.80. The number of rotatable bonds is 8. The number of hydrogen-bond acceptors (Lipinski definition) is 3. The number of carbonyl (C=O) groups is 1. The lowest BCUT2D eigenvalue weighted by Crippen LogP contribution is -2.36. The van der Waals surface area contributed by atoms with E-state index in [-0.39, 0.29) is 12.0 Å². The van der Waals surface area contributed by atoms with Gasteiger partial charge in [0.2, 0.25) is 0 Å². The molecule has 0 aliphatic heterocycles. The first-order valence-corrected chi connectivity index (χ1v) is 9.15. The van der Waals surface area contributed by atoms with E-state index in [9.17, 15) is 4.79 Å². The summed E-state index contributed by atoms with van der Waals surface area (Å²) in [5.41, 5.74) is 2.09. The standard InChI is InChI=1S/C22H29NO3/c1-15(2)20-11-6-7-12-21(20)26-17(5)22(24)23-14-18-9-8-10-19(13-18)25-16(3)4/h6-13,15-17H,14H2,1-5H3,(H,23,24)/t17-/m1/s1. The van der Waals surface area contributed by atoms with Gasteiger partial charge in [0.15, 0.2) is 6.10 Å². The molecule has 0 saturated heterocycles. The minimum atomic E-state index is -0.565. The number of carbonyl (C=O) groups excluding carboxylic acids is 1. The molecular formula is C22H29NO3. The van der Waals surface area contributed by atoms with Gasteiger partial charge >= 0.3 is 0 Å². The smallest absolute Gasteiger partial charge is 0.261 e.